The maximum absolute atomic E-state index is 12.4. The fourth-order valence-electron chi connectivity index (χ4n) is 3.45. The Morgan fingerprint density at radius 1 is 1.00 bits per heavy atom. The standard InChI is InChI=1S/C22H25N3O4/c1-17(18-7-8-20-21(15-18)28-14-13-27-20)23-29-16-22(26)25-11-9-24(10-12-25)19-5-3-2-4-6-19/h2-8,15H,9-14,16H2,1H3/b23-17+. The van der Waals surface area contributed by atoms with Crippen LogP contribution in [-0.4, -0.2) is 62.5 Å². The molecule has 2 aliphatic heterocycles. The van der Waals surface area contributed by atoms with Crippen molar-refractivity contribution in [2.45, 2.75) is 6.92 Å². The summed E-state index contributed by atoms with van der Waals surface area (Å²) >= 11 is 0. The molecule has 2 aromatic rings. The quantitative estimate of drug-likeness (QED) is 0.575. The highest BCUT2D eigenvalue weighted by Gasteiger charge is 2.21. The van der Waals surface area contributed by atoms with E-state index >= 15 is 0 Å². The van der Waals surface area contributed by atoms with Crippen LogP contribution in [0.2, 0.25) is 0 Å². The number of hydrogen-bond acceptors (Lipinski definition) is 6. The number of anilines is 1. The van der Waals surface area contributed by atoms with Gasteiger partial charge in [-0.2, -0.15) is 0 Å². The molecule has 0 unspecified atom stereocenters. The average molecular weight is 395 g/mol. The number of nitrogens with zero attached hydrogens (tertiary/aromatic N) is 3. The SMILES string of the molecule is C/C(=N\OCC(=O)N1CCN(c2ccccc2)CC1)c1ccc2c(c1)OCCO2. The van der Waals surface area contributed by atoms with Crippen LogP contribution in [0.1, 0.15) is 12.5 Å². The molecule has 2 heterocycles. The second kappa shape index (κ2) is 8.86. The lowest BCUT2D eigenvalue weighted by Crippen LogP contribution is -2.49. The molecule has 0 aliphatic carbocycles. The minimum atomic E-state index is -0.0623. The van der Waals surface area contributed by atoms with Gasteiger partial charge in [0, 0.05) is 37.4 Å². The maximum Gasteiger partial charge on any atom is 0.263 e. The summed E-state index contributed by atoms with van der Waals surface area (Å²) in [4.78, 5) is 21.9. The number of piperazine rings is 1. The molecule has 0 bridgehead atoms. The van der Waals surface area contributed by atoms with Crippen molar-refractivity contribution in [2.75, 3.05) is 50.9 Å². The van der Waals surface area contributed by atoms with Crippen LogP contribution in [0.4, 0.5) is 5.69 Å². The lowest BCUT2D eigenvalue weighted by Gasteiger charge is -2.35. The summed E-state index contributed by atoms with van der Waals surface area (Å²) in [5.41, 5.74) is 2.75. The number of hydrogen-bond donors (Lipinski definition) is 0. The first-order chi connectivity index (χ1) is 14.2. The fourth-order valence-corrected chi connectivity index (χ4v) is 3.45. The van der Waals surface area contributed by atoms with Gasteiger partial charge in [-0.3, -0.25) is 4.79 Å². The number of amides is 1. The second-order valence-electron chi connectivity index (χ2n) is 7.01. The Hall–Kier alpha value is -3.22. The normalized spacial score (nSPS) is 16.5. The fraction of sp³-hybridized carbons (Fsp3) is 0.364. The second-order valence-corrected chi connectivity index (χ2v) is 7.01. The minimum absolute atomic E-state index is 0.0450. The van der Waals surface area contributed by atoms with E-state index in [-0.39, 0.29) is 12.5 Å². The number of oxime groups is 1. The molecule has 0 aromatic heterocycles. The van der Waals surface area contributed by atoms with Crippen LogP contribution in [0, 0.1) is 0 Å². The molecule has 7 nitrogen and oxygen atoms in total. The molecule has 0 saturated carbocycles. The summed E-state index contributed by atoms with van der Waals surface area (Å²) in [5, 5.41) is 4.10. The number of ether oxygens (including phenoxy) is 2. The lowest BCUT2D eigenvalue weighted by atomic mass is 10.1. The third kappa shape index (κ3) is 4.62. The molecule has 7 heteroatoms. The molecule has 4 rings (SSSR count). The van der Waals surface area contributed by atoms with Crippen LogP contribution in [0.3, 0.4) is 0 Å². The summed E-state index contributed by atoms with van der Waals surface area (Å²) < 4.78 is 11.1. The Morgan fingerprint density at radius 2 is 1.72 bits per heavy atom. The van der Waals surface area contributed by atoms with E-state index in [0.717, 1.165) is 24.4 Å². The molecule has 1 amide bonds. The van der Waals surface area contributed by atoms with Gasteiger partial charge in [-0.05, 0) is 37.3 Å². The highest BCUT2D eigenvalue weighted by Crippen LogP contribution is 2.30. The number of carbonyl (C=O) groups is 1. The van der Waals surface area contributed by atoms with Crippen molar-refractivity contribution in [1.82, 2.24) is 4.90 Å². The van der Waals surface area contributed by atoms with Gasteiger partial charge in [-0.15, -0.1) is 0 Å². The molecule has 0 radical (unpaired) electrons. The smallest absolute Gasteiger partial charge is 0.263 e. The number of benzene rings is 2. The van der Waals surface area contributed by atoms with E-state index < -0.39 is 0 Å². The molecule has 0 spiro atoms. The topological polar surface area (TPSA) is 63.6 Å². The van der Waals surface area contributed by atoms with Crippen molar-refractivity contribution < 1.29 is 19.1 Å². The van der Waals surface area contributed by atoms with Crippen LogP contribution in [0.25, 0.3) is 0 Å². The van der Waals surface area contributed by atoms with Crippen molar-refractivity contribution in [3.05, 3.63) is 54.1 Å². The zero-order chi connectivity index (χ0) is 20.1. The van der Waals surface area contributed by atoms with Crippen LogP contribution in [0.5, 0.6) is 11.5 Å². The molecular formula is C22H25N3O4. The number of rotatable bonds is 5. The molecular weight excluding hydrogens is 370 g/mol. The van der Waals surface area contributed by atoms with E-state index in [9.17, 15) is 4.79 Å². The third-order valence-corrected chi connectivity index (χ3v) is 5.10. The summed E-state index contributed by atoms with van der Waals surface area (Å²) in [6.07, 6.45) is 0. The predicted molar refractivity (Wildman–Crippen MR) is 111 cm³/mol. The van der Waals surface area contributed by atoms with Gasteiger partial charge in [0.05, 0.1) is 5.71 Å². The van der Waals surface area contributed by atoms with Gasteiger partial charge in [0.15, 0.2) is 18.1 Å². The van der Waals surface area contributed by atoms with E-state index in [1.807, 2.05) is 48.2 Å². The van der Waals surface area contributed by atoms with Gasteiger partial charge >= 0.3 is 0 Å². The van der Waals surface area contributed by atoms with E-state index in [0.29, 0.717) is 37.8 Å². The van der Waals surface area contributed by atoms with Crippen LogP contribution in [-0.2, 0) is 9.63 Å². The molecule has 0 N–H and O–H groups in total. The predicted octanol–water partition coefficient (Wildman–Crippen LogP) is 2.55. The number of fused-ring (bicyclic) bond motifs is 1. The van der Waals surface area contributed by atoms with Crippen LogP contribution >= 0.6 is 0 Å². The molecule has 2 aliphatic rings. The van der Waals surface area contributed by atoms with Gasteiger partial charge in [-0.25, -0.2) is 0 Å². The Morgan fingerprint density at radius 3 is 2.48 bits per heavy atom. The Bertz CT molecular complexity index is 877. The molecule has 0 atom stereocenters. The van der Waals surface area contributed by atoms with E-state index in [1.54, 1.807) is 0 Å². The van der Waals surface area contributed by atoms with Crippen molar-refractivity contribution in [1.29, 1.82) is 0 Å². The molecule has 29 heavy (non-hydrogen) atoms. The first kappa shape index (κ1) is 19.1. The highest BCUT2D eigenvalue weighted by molar-refractivity contribution is 5.99. The summed E-state index contributed by atoms with van der Waals surface area (Å²) in [7, 11) is 0. The van der Waals surface area contributed by atoms with Crippen molar-refractivity contribution >= 4 is 17.3 Å². The van der Waals surface area contributed by atoms with Crippen molar-refractivity contribution in [2.24, 2.45) is 5.16 Å². The zero-order valence-electron chi connectivity index (χ0n) is 16.5. The Balaban J connectivity index is 1.26. The third-order valence-electron chi connectivity index (χ3n) is 5.10. The van der Waals surface area contributed by atoms with Gasteiger partial charge in [0.25, 0.3) is 5.91 Å². The Labute approximate surface area is 170 Å². The summed E-state index contributed by atoms with van der Waals surface area (Å²) in [5.74, 6) is 1.39. The Kier molecular flexibility index (Phi) is 5.84. The lowest BCUT2D eigenvalue weighted by molar-refractivity contribution is -0.136. The highest BCUT2D eigenvalue weighted by atomic mass is 16.6. The molecule has 1 saturated heterocycles. The maximum atomic E-state index is 12.4. The first-order valence-electron chi connectivity index (χ1n) is 9.85. The van der Waals surface area contributed by atoms with Crippen molar-refractivity contribution in [3.63, 3.8) is 0 Å². The summed E-state index contributed by atoms with van der Waals surface area (Å²) in [6.45, 7) is 5.87. The van der Waals surface area contributed by atoms with Gasteiger partial charge in [0.1, 0.15) is 13.2 Å². The monoisotopic (exact) mass is 395 g/mol. The van der Waals surface area contributed by atoms with Gasteiger partial charge < -0.3 is 24.1 Å². The van der Waals surface area contributed by atoms with E-state index in [4.69, 9.17) is 14.3 Å². The van der Waals surface area contributed by atoms with E-state index in [2.05, 4.69) is 22.2 Å². The molecule has 152 valence electrons. The van der Waals surface area contributed by atoms with Crippen molar-refractivity contribution in [3.8, 4) is 11.5 Å². The van der Waals surface area contributed by atoms with Gasteiger partial charge in [-0.1, -0.05) is 23.4 Å². The van der Waals surface area contributed by atoms with Gasteiger partial charge in [0.2, 0.25) is 0 Å². The minimum Gasteiger partial charge on any atom is -0.486 e. The largest absolute Gasteiger partial charge is 0.486 e. The van der Waals surface area contributed by atoms with E-state index in [1.165, 1.54) is 5.69 Å². The molecule has 1 fully saturated rings. The number of para-hydroxylation sites is 1. The van der Waals surface area contributed by atoms with Crippen LogP contribution < -0.4 is 14.4 Å². The average Bonchev–Trinajstić information content (AvgIpc) is 2.79. The zero-order valence-corrected chi connectivity index (χ0v) is 16.5. The van der Waals surface area contributed by atoms with Crippen LogP contribution in [0.15, 0.2) is 53.7 Å². The molecule has 2 aromatic carbocycles. The number of carbonyl (C=O) groups excluding carboxylic acids is 1. The first-order valence-corrected chi connectivity index (χ1v) is 9.85. The summed E-state index contributed by atoms with van der Waals surface area (Å²) in [6, 6.07) is 15.9.